The summed E-state index contributed by atoms with van der Waals surface area (Å²) in [5, 5.41) is 23.1. The lowest BCUT2D eigenvalue weighted by Crippen LogP contribution is -2.32. The van der Waals surface area contributed by atoms with Gasteiger partial charge in [-0.25, -0.2) is 13.2 Å². The first-order valence-electron chi connectivity index (χ1n) is 10.0. The third-order valence-electron chi connectivity index (χ3n) is 5.08. The van der Waals surface area contributed by atoms with Crippen LogP contribution in [0.5, 0.6) is 0 Å². The lowest BCUT2D eigenvalue weighted by Gasteiger charge is -2.18. The molecule has 6 nitrogen and oxygen atoms in total. The second-order valence-corrected chi connectivity index (χ2v) is 9.95. The van der Waals surface area contributed by atoms with Crippen molar-refractivity contribution in [1.82, 2.24) is 5.32 Å². The highest BCUT2D eigenvalue weighted by Gasteiger charge is 2.18. The number of nitrogens with one attached hydrogen (secondary N) is 1. The normalized spacial score (nSPS) is 13.1. The second kappa shape index (κ2) is 11.6. The molecule has 3 rings (SSSR count). The van der Waals surface area contributed by atoms with Crippen LogP contribution in [-0.2, 0) is 16.3 Å². The van der Waals surface area contributed by atoms with Crippen molar-refractivity contribution in [3.8, 4) is 0 Å². The zero-order valence-corrected chi connectivity index (χ0v) is 20.2. The molecule has 0 aliphatic carbocycles. The van der Waals surface area contributed by atoms with Gasteiger partial charge in [-0.2, -0.15) is 0 Å². The van der Waals surface area contributed by atoms with Gasteiger partial charge in [0.25, 0.3) is 0 Å². The number of carboxylic acid groups (broad SMARTS) is 1. The summed E-state index contributed by atoms with van der Waals surface area (Å²) >= 11 is 5.96. The minimum atomic E-state index is -3.73. The highest BCUT2D eigenvalue weighted by atomic mass is 35.5. The fourth-order valence-electron chi connectivity index (χ4n) is 3.29. The largest absolute Gasteiger partial charge is 0.478 e. The molecular weight excluding hydrogens is 485 g/mol. The molecule has 0 saturated heterocycles. The van der Waals surface area contributed by atoms with E-state index in [1.165, 1.54) is 24.3 Å². The molecule has 0 aliphatic rings. The molecule has 176 valence electrons. The first-order chi connectivity index (χ1) is 15.2. The van der Waals surface area contributed by atoms with E-state index < -0.39 is 21.9 Å². The van der Waals surface area contributed by atoms with Crippen LogP contribution in [0, 0.1) is 0 Å². The standard InChI is InChI=1S/C24H24ClNO5S.ClH/c1-16(26-15-23(27)19-3-2-4-20(25)14-19)13-17-5-9-21(10-6-17)32(30,31)22-11-7-18(8-12-22)24(28)29;/h2-12,14,16,23,26-27H,13,15H2,1H3,(H,28,29);1H/t16-,23-;/m0./s1. The first-order valence-corrected chi connectivity index (χ1v) is 11.9. The first kappa shape index (κ1) is 26.8. The Hall–Kier alpha value is -2.42. The molecule has 9 heteroatoms. The number of halogens is 2. The maximum Gasteiger partial charge on any atom is 0.335 e. The van der Waals surface area contributed by atoms with Gasteiger partial charge in [-0.1, -0.05) is 35.9 Å². The monoisotopic (exact) mass is 509 g/mol. The second-order valence-electron chi connectivity index (χ2n) is 7.56. The Kier molecular flexibility index (Phi) is 9.46. The Morgan fingerprint density at radius 1 is 1.00 bits per heavy atom. The van der Waals surface area contributed by atoms with Crippen LogP contribution >= 0.6 is 24.0 Å². The van der Waals surface area contributed by atoms with Gasteiger partial charge in [0.15, 0.2) is 0 Å². The van der Waals surface area contributed by atoms with Crippen molar-refractivity contribution in [1.29, 1.82) is 0 Å². The summed E-state index contributed by atoms with van der Waals surface area (Å²) in [6, 6.07) is 18.9. The van der Waals surface area contributed by atoms with Crippen LogP contribution in [0.15, 0.2) is 82.6 Å². The van der Waals surface area contributed by atoms with E-state index in [1.807, 2.05) is 13.0 Å². The third-order valence-corrected chi connectivity index (χ3v) is 7.10. The van der Waals surface area contributed by atoms with Gasteiger partial charge < -0.3 is 15.5 Å². The van der Waals surface area contributed by atoms with Gasteiger partial charge in [0.1, 0.15) is 0 Å². The summed E-state index contributed by atoms with van der Waals surface area (Å²) in [5.74, 6) is -1.11. The number of aromatic carboxylic acids is 1. The van der Waals surface area contributed by atoms with Gasteiger partial charge in [0.2, 0.25) is 9.84 Å². The van der Waals surface area contributed by atoms with Gasteiger partial charge in [0.05, 0.1) is 21.5 Å². The average molecular weight is 510 g/mol. The van der Waals surface area contributed by atoms with Crippen molar-refractivity contribution in [2.45, 2.75) is 35.3 Å². The molecule has 2 atom stereocenters. The van der Waals surface area contributed by atoms with Crippen molar-refractivity contribution in [3.63, 3.8) is 0 Å². The molecule has 0 saturated carbocycles. The van der Waals surface area contributed by atoms with Crippen LogP contribution in [0.25, 0.3) is 0 Å². The number of aliphatic hydroxyl groups excluding tert-OH is 1. The number of carboxylic acids is 1. The van der Waals surface area contributed by atoms with E-state index in [1.54, 1.807) is 42.5 Å². The number of carbonyl (C=O) groups is 1. The zero-order chi connectivity index (χ0) is 23.3. The molecule has 0 radical (unpaired) electrons. The van der Waals surface area contributed by atoms with E-state index in [9.17, 15) is 18.3 Å². The van der Waals surface area contributed by atoms with Crippen LogP contribution in [0.4, 0.5) is 0 Å². The summed E-state index contributed by atoms with van der Waals surface area (Å²) in [5.41, 5.74) is 1.71. The van der Waals surface area contributed by atoms with Crippen molar-refractivity contribution in [3.05, 3.63) is 94.5 Å². The van der Waals surface area contributed by atoms with Crippen LogP contribution in [0.2, 0.25) is 5.02 Å². The van der Waals surface area contributed by atoms with Gasteiger partial charge >= 0.3 is 5.97 Å². The summed E-state index contributed by atoms with van der Waals surface area (Å²) in [6.07, 6.45) is -0.0354. The van der Waals surface area contributed by atoms with E-state index >= 15 is 0 Å². The highest BCUT2D eigenvalue weighted by molar-refractivity contribution is 7.91. The zero-order valence-electron chi connectivity index (χ0n) is 17.8. The van der Waals surface area contributed by atoms with Gasteiger partial charge in [-0.15, -0.1) is 12.4 Å². The minimum Gasteiger partial charge on any atom is -0.478 e. The summed E-state index contributed by atoms with van der Waals surface area (Å²) in [7, 11) is -3.73. The lowest BCUT2D eigenvalue weighted by atomic mass is 10.1. The van der Waals surface area contributed by atoms with Gasteiger partial charge in [0, 0.05) is 17.6 Å². The molecule has 0 fully saturated rings. The van der Waals surface area contributed by atoms with Gasteiger partial charge in [-0.3, -0.25) is 0 Å². The molecule has 0 bridgehead atoms. The maximum atomic E-state index is 12.8. The fraction of sp³-hybridized carbons (Fsp3) is 0.208. The molecule has 0 heterocycles. The molecule has 3 aromatic rings. The molecule has 33 heavy (non-hydrogen) atoms. The van der Waals surface area contributed by atoms with Crippen LogP contribution in [0.3, 0.4) is 0 Å². The molecular formula is C24H25Cl2NO5S. The Balaban J connectivity index is 0.00000385. The average Bonchev–Trinajstić information content (AvgIpc) is 2.78. The number of hydrogen-bond acceptors (Lipinski definition) is 5. The predicted octanol–water partition coefficient (Wildman–Crippen LogP) is 4.55. The number of benzene rings is 3. The quantitative estimate of drug-likeness (QED) is 0.391. The molecule has 0 aliphatic heterocycles. The molecule has 3 aromatic carbocycles. The van der Waals surface area contributed by atoms with E-state index in [0.717, 1.165) is 11.1 Å². The van der Waals surface area contributed by atoms with Crippen molar-refractivity contribution < 1.29 is 23.4 Å². The lowest BCUT2D eigenvalue weighted by molar-refractivity contribution is 0.0696. The maximum absolute atomic E-state index is 12.8. The number of hydrogen-bond donors (Lipinski definition) is 3. The van der Waals surface area contributed by atoms with E-state index in [4.69, 9.17) is 16.7 Å². The van der Waals surface area contributed by atoms with E-state index in [0.29, 0.717) is 18.0 Å². The molecule has 3 N–H and O–H groups in total. The number of sulfone groups is 1. The number of aliphatic hydroxyl groups is 1. The van der Waals surface area contributed by atoms with E-state index in [2.05, 4.69) is 5.32 Å². The van der Waals surface area contributed by atoms with Crippen molar-refractivity contribution in [2.24, 2.45) is 0 Å². The van der Waals surface area contributed by atoms with Crippen molar-refractivity contribution in [2.75, 3.05) is 6.54 Å². The van der Waals surface area contributed by atoms with E-state index in [-0.39, 0.29) is 33.8 Å². The Morgan fingerprint density at radius 2 is 1.58 bits per heavy atom. The summed E-state index contributed by atoms with van der Waals surface area (Å²) in [6.45, 7) is 2.35. The van der Waals surface area contributed by atoms with Crippen molar-refractivity contribution >= 4 is 39.8 Å². The van der Waals surface area contributed by atoms with Crippen LogP contribution in [-0.4, -0.2) is 37.2 Å². The fourth-order valence-corrected chi connectivity index (χ4v) is 4.75. The molecule has 0 spiro atoms. The predicted molar refractivity (Wildman–Crippen MR) is 130 cm³/mol. The smallest absolute Gasteiger partial charge is 0.335 e. The Bertz CT molecular complexity index is 1180. The highest BCUT2D eigenvalue weighted by Crippen LogP contribution is 2.22. The Labute approximate surface area is 204 Å². The topological polar surface area (TPSA) is 104 Å². The Morgan fingerprint density at radius 3 is 2.12 bits per heavy atom. The SMILES string of the molecule is C[C@@H](Cc1ccc(S(=O)(=O)c2ccc(C(=O)O)cc2)cc1)NC[C@H](O)c1cccc(Cl)c1.Cl. The van der Waals surface area contributed by atoms with Crippen LogP contribution < -0.4 is 5.32 Å². The molecule has 0 aromatic heterocycles. The number of rotatable bonds is 9. The minimum absolute atomic E-state index is 0. The third kappa shape index (κ3) is 7.03. The molecule has 0 amide bonds. The van der Waals surface area contributed by atoms with Gasteiger partial charge in [-0.05, 0) is 73.0 Å². The summed E-state index contributed by atoms with van der Waals surface area (Å²) < 4.78 is 25.6. The summed E-state index contributed by atoms with van der Waals surface area (Å²) in [4.78, 5) is 11.1. The van der Waals surface area contributed by atoms with Crippen LogP contribution in [0.1, 0.15) is 34.5 Å². The molecule has 0 unspecified atom stereocenters.